The van der Waals surface area contributed by atoms with Crippen molar-refractivity contribution < 1.29 is 19.0 Å². The first-order valence-electron chi connectivity index (χ1n) is 8.46. The van der Waals surface area contributed by atoms with E-state index in [9.17, 15) is 4.79 Å². The van der Waals surface area contributed by atoms with E-state index in [-0.39, 0.29) is 5.91 Å². The number of rotatable bonds is 4. The van der Waals surface area contributed by atoms with Gasteiger partial charge in [-0.05, 0) is 43.3 Å². The van der Waals surface area contributed by atoms with E-state index < -0.39 is 12.2 Å². The molecule has 1 aromatic heterocycles. The highest BCUT2D eigenvalue weighted by molar-refractivity contribution is 5.95. The number of fused-ring (bicyclic) bond motifs is 1. The third-order valence-electron chi connectivity index (χ3n) is 3.98. The van der Waals surface area contributed by atoms with Crippen molar-refractivity contribution in [3.8, 4) is 23.1 Å². The van der Waals surface area contributed by atoms with Gasteiger partial charge in [0.15, 0.2) is 11.5 Å². The van der Waals surface area contributed by atoms with Crippen LogP contribution in [0.25, 0.3) is 0 Å². The van der Waals surface area contributed by atoms with Crippen LogP contribution in [-0.2, 0) is 4.79 Å². The molecule has 136 valence electrons. The van der Waals surface area contributed by atoms with Crippen LogP contribution in [0.2, 0.25) is 0 Å². The summed E-state index contributed by atoms with van der Waals surface area (Å²) in [5.74, 6) is 1.91. The van der Waals surface area contributed by atoms with Crippen molar-refractivity contribution in [2.24, 2.45) is 0 Å². The van der Waals surface area contributed by atoms with Gasteiger partial charge in [0.25, 0.3) is 5.91 Å². The summed E-state index contributed by atoms with van der Waals surface area (Å²) >= 11 is 0. The molecule has 1 aliphatic rings. The molecule has 0 bridgehead atoms. The highest BCUT2D eigenvalue weighted by Gasteiger charge is 2.34. The van der Waals surface area contributed by atoms with E-state index in [1.807, 2.05) is 18.2 Å². The van der Waals surface area contributed by atoms with Crippen molar-refractivity contribution in [1.29, 1.82) is 0 Å². The number of amides is 1. The summed E-state index contributed by atoms with van der Waals surface area (Å²) in [6.07, 6.45) is 3.50. The lowest BCUT2D eigenvalue weighted by atomic mass is 10.1. The molecule has 7 nitrogen and oxygen atoms in total. The number of carbonyl (C=O) groups excluding carboxylic acids is 1. The fraction of sp³-hybridized carbons (Fsp3) is 0.150. The molecule has 0 saturated carbocycles. The average molecular weight is 363 g/mol. The van der Waals surface area contributed by atoms with Gasteiger partial charge in [-0.2, -0.15) is 0 Å². The van der Waals surface area contributed by atoms with Crippen LogP contribution >= 0.6 is 0 Å². The monoisotopic (exact) mass is 363 g/mol. The van der Waals surface area contributed by atoms with Crippen LogP contribution in [-0.4, -0.2) is 28.1 Å². The Morgan fingerprint density at radius 1 is 1.04 bits per heavy atom. The molecule has 1 aliphatic heterocycles. The number of para-hydroxylation sites is 2. The Hall–Kier alpha value is -3.61. The molecule has 0 unspecified atom stereocenters. The largest absolute Gasteiger partial charge is 0.482 e. The van der Waals surface area contributed by atoms with E-state index in [2.05, 4.69) is 15.3 Å². The van der Waals surface area contributed by atoms with Gasteiger partial charge in [-0.25, -0.2) is 4.98 Å². The molecular weight excluding hydrogens is 346 g/mol. The number of nitrogens with one attached hydrogen (secondary N) is 1. The number of carbonyl (C=O) groups is 1. The lowest BCUT2D eigenvalue weighted by molar-refractivity contribution is -0.128. The van der Waals surface area contributed by atoms with Crippen LogP contribution in [0, 0.1) is 0 Å². The van der Waals surface area contributed by atoms with Crippen LogP contribution in [0.1, 0.15) is 6.92 Å². The molecule has 0 radical (unpaired) electrons. The number of benzene rings is 2. The Balaban J connectivity index is 1.41. The zero-order valence-electron chi connectivity index (χ0n) is 14.5. The zero-order chi connectivity index (χ0) is 18.6. The molecule has 2 aromatic carbocycles. The molecule has 2 atom stereocenters. The van der Waals surface area contributed by atoms with Crippen molar-refractivity contribution >= 4 is 11.6 Å². The lowest BCUT2D eigenvalue weighted by Crippen LogP contribution is -2.46. The predicted molar refractivity (Wildman–Crippen MR) is 98.1 cm³/mol. The molecule has 1 N–H and O–H groups in total. The fourth-order valence-electron chi connectivity index (χ4n) is 2.68. The quantitative estimate of drug-likeness (QED) is 0.765. The van der Waals surface area contributed by atoms with Gasteiger partial charge in [0.2, 0.25) is 12.0 Å². The summed E-state index contributed by atoms with van der Waals surface area (Å²) in [7, 11) is 0. The minimum absolute atomic E-state index is 0.278. The predicted octanol–water partition coefficient (Wildman–Crippen LogP) is 3.44. The van der Waals surface area contributed by atoms with Crippen molar-refractivity contribution in [3.63, 3.8) is 0 Å². The molecule has 1 amide bonds. The number of hydrogen-bond donors (Lipinski definition) is 1. The smallest absolute Gasteiger partial charge is 0.269 e. The van der Waals surface area contributed by atoms with E-state index in [4.69, 9.17) is 14.2 Å². The van der Waals surface area contributed by atoms with Gasteiger partial charge in [-0.1, -0.05) is 12.1 Å². The van der Waals surface area contributed by atoms with Crippen LogP contribution in [0.5, 0.6) is 23.1 Å². The highest BCUT2D eigenvalue weighted by Crippen LogP contribution is 2.33. The number of hydrogen-bond acceptors (Lipinski definition) is 6. The fourth-order valence-corrected chi connectivity index (χ4v) is 2.68. The molecule has 0 fully saturated rings. The molecule has 0 spiro atoms. The Bertz CT molecular complexity index is 931. The van der Waals surface area contributed by atoms with Crippen molar-refractivity contribution in [3.05, 3.63) is 67.1 Å². The topological polar surface area (TPSA) is 82.6 Å². The Kier molecular flexibility index (Phi) is 4.57. The minimum Gasteiger partial charge on any atom is -0.482 e. The number of aromatic nitrogens is 2. The summed E-state index contributed by atoms with van der Waals surface area (Å²) in [4.78, 5) is 20.6. The van der Waals surface area contributed by atoms with E-state index in [1.165, 1.54) is 6.20 Å². The number of nitrogens with zero attached hydrogens (tertiary/aromatic N) is 2. The van der Waals surface area contributed by atoms with E-state index in [1.54, 1.807) is 49.6 Å². The summed E-state index contributed by atoms with van der Waals surface area (Å²) in [6.45, 7) is 1.80. The second-order valence-corrected chi connectivity index (χ2v) is 5.97. The minimum atomic E-state index is -0.740. The molecular formula is C20H17N3O4. The molecule has 4 rings (SSSR count). The Morgan fingerprint density at radius 3 is 2.48 bits per heavy atom. The maximum absolute atomic E-state index is 12.6. The summed E-state index contributed by atoms with van der Waals surface area (Å²) in [6, 6.07) is 14.2. The molecule has 0 aliphatic carbocycles. The third kappa shape index (κ3) is 3.82. The van der Waals surface area contributed by atoms with Crippen LogP contribution in [0.3, 0.4) is 0 Å². The number of ether oxygens (including phenoxy) is 3. The van der Waals surface area contributed by atoms with Gasteiger partial charge in [-0.15, -0.1) is 0 Å². The summed E-state index contributed by atoms with van der Waals surface area (Å²) in [5, 5.41) is 2.84. The van der Waals surface area contributed by atoms with Crippen molar-refractivity contribution in [1.82, 2.24) is 9.97 Å². The normalized spacial score (nSPS) is 17.8. The standard InChI is InChI=1S/C20H17N3O4/c1-13-19(27-17-5-3-2-4-16(17)25-13)20(24)23-14-6-8-15(9-7-14)26-18-12-21-10-11-22-18/h2-13,19H,1H3,(H,23,24)/t13-,19-/m1/s1. The molecule has 3 aromatic rings. The van der Waals surface area contributed by atoms with Gasteiger partial charge in [0, 0.05) is 18.1 Å². The van der Waals surface area contributed by atoms with Crippen molar-refractivity contribution in [2.45, 2.75) is 19.1 Å². The molecule has 2 heterocycles. The van der Waals surface area contributed by atoms with E-state index >= 15 is 0 Å². The van der Waals surface area contributed by atoms with E-state index in [0.29, 0.717) is 28.8 Å². The summed E-state index contributed by atoms with van der Waals surface area (Å²) < 4.78 is 17.2. The van der Waals surface area contributed by atoms with Crippen LogP contribution < -0.4 is 19.5 Å². The average Bonchev–Trinajstić information content (AvgIpc) is 2.69. The zero-order valence-corrected chi connectivity index (χ0v) is 14.5. The summed E-state index contributed by atoms with van der Waals surface area (Å²) in [5.41, 5.74) is 0.626. The molecule has 27 heavy (non-hydrogen) atoms. The third-order valence-corrected chi connectivity index (χ3v) is 3.98. The van der Waals surface area contributed by atoms with E-state index in [0.717, 1.165) is 0 Å². The highest BCUT2D eigenvalue weighted by atomic mass is 16.6. The maximum Gasteiger partial charge on any atom is 0.269 e. The molecule has 0 saturated heterocycles. The van der Waals surface area contributed by atoms with Crippen molar-refractivity contribution in [2.75, 3.05) is 5.32 Å². The maximum atomic E-state index is 12.6. The van der Waals surface area contributed by atoms with Gasteiger partial charge < -0.3 is 19.5 Å². The van der Waals surface area contributed by atoms with Crippen LogP contribution in [0.15, 0.2) is 67.1 Å². The first-order valence-corrected chi connectivity index (χ1v) is 8.46. The Labute approximate surface area is 155 Å². The molecule has 7 heteroatoms. The SMILES string of the molecule is C[C@H]1Oc2ccccc2O[C@H]1C(=O)Nc1ccc(Oc2cnccn2)cc1. The van der Waals surface area contributed by atoms with Gasteiger partial charge in [0.05, 0.1) is 6.20 Å². The van der Waals surface area contributed by atoms with Crippen LogP contribution in [0.4, 0.5) is 5.69 Å². The number of anilines is 1. The van der Waals surface area contributed by atoms with Gasteiger partial charge in [0.1, 0.15) is 11.9 Å². The van der Waals surface area contributed by atoms with Gasteiger partial charge in [-0.3, -0.25) is 9.78 Å². The van der Waals surface area contributed by atoms with Gasteiger partial charge >= 0.3 is 0 Å². The second kappa shape index (κ2) is 7.33. The Morgan fingerprint density at radius 2 is 1.78 bits per heavy atom. The first-order chi connectivity index (χ1) is 13.2. The lowest BCUT2D eigenvalue weighted by Gasteiger charge is -2.31. The first kappa shape index (κ1) is 16.8. The second-order valence-electron chi connectivity index (χ2n) is 5.97.